The van der Waals surface area contributed by atoms with Gasteiger partial charge in [0.05, 0.1) is 5.69 Å². The molecule has 0 saturated heterocycles. The zero-order valence-electron chi connectivity index (χ0n) is 9.67. The van der Waals surface area contributed by atoms with Gasteiger partial charge in [0.25, 0.3) is 0 Å². The summed E-state index contributed by atoms with van der Waals surface area (Å²) >= 11 is 15.6. The normalized spacial score (nSPS) is 10.4. The van der Waals surface area contributed by atoms with Crippen molar-refractivity contribution in [3.63, 3.8) is 0 Å². The molecule has 1 aromatic carbocycles. The van der Waals surface area contributed by atoms with Crippen molar-refractivity contribution in [1.82, 2.24) is 4.98 Å². The summed E-state index contributed by atoms with van der Waals surface area (Å²) in [5.41, 5.74) is 2.87. The van der Waals surface area contributed by atoms with E-state index >= 15 is 0 Å². The van der Waals surface area contributed by atoms with Crippen LogP contribution in [0.25, 0.3) is 0 Å². The molecule has 1 N–H and O–H groups in total. The van der Waals surface area contributed by atoms with Crippen LogP contribution in [0, 0.1) is 6.92 Å². The number of rotatable bonds is 3. The summed E-state index contributed by atoms with van der Waals surface area (Å²) in [7, 11) is 0. The number of anilines is 1. The van der Waals surface area contributed by atoms with Crippen LogP contribution in [0.1, 0.15) is 11.1 Å². The van der Waals surface area contributed by atoms with Gasteiger partial charge >= 0.3 is 0 Å². The highest BCUT2D eigenvalue weighted by molar-refractivity contribution is 9.10. The third kappa shape index (κ3) is 3.37. The van der Waals surface area contributed by atoms with Gasteiger partial charge in [-0.1, -0.05) is 39.1 Å². The van der Waals surface area contributed by atoms with Gasteiger partial charge in [-0.3, -0.25) is 0 Å². The van der Waals surface area contributed by atoms with Gasteiger partial charge in [0.1, 0.15) is 0 Å². The van der Waals surface area contributed by atoms with Crippen molar-refractivity contribution in [1.29, 1.82) is 0 Å². The molecule has 0 aliphatic carbocycles. The van der Waals surface area contributed by atoms with Crippen LogP contribution in [-0.2, 0) is 6.54 Å². The zero-order valence-corrected chi connectivity index (χ0v) is 12.8. The van der Waals surface area contributed by atoms with Gasteiger partial charge in [-0.2, -0.15) is 0 Å². The number of benzene rings is 1. The van der Waals surface area contributed by atoms with Gasteiger partial charge < -0.3 is 5.32 Å². The Kier molecular flexibility index (Phi) is 4.49. The Hall–Kier alpha value is -0.770. The second-order valence-corrected chi connectivity index (χ2v) is 5.62. The number of aryl methyl sites for hydroxylation is 1. The first kappa shape index (κ1) is 13.7. The SMILES string of the molecule is Cc1cnc(Cl)c(NCc2cc(Br)ccc2Cl)c1. The third-order valence-electron chi connectivity index (χ3n) is 2.45. The molecule has 5 heteroatoms. The van der Waals surface area contributed by atoms with Gasteiger partial charge in [-0.15, -0.1) is 0 Å². The highest BCUT2D eigenvalue weighted by Gasteiger charge is 2.04. The fourth-order valence-corrected chi connectivity index (χ4v) is 2.31. The lowest BCUT2D eigenvalue weighted by Crippen LogP contribution is -2.01. The topological polar surface area (TPSA) is 24.9 Å². The maximum absolute atomic E-state index is 6.12. The molecule has 0 fully saturated rings. The highest BCUT2D eigenvalue weighted by atomic mass is 79.9. The quantitative estimate of drug-likeness (QED) is 0.785. The Morgan fingerprint density at radius 1 is 1.28 bits per heavy atom. The van der Waals surface area contributed by atoms with Crippen LogP contribution in [0.4, 0.5) is 5.69 Å². The van der Waals surface area contributed by atoms with Crippen LogP contribution < -0.4 is 5.32 Å². The van der Waals surface area contributed by atoms with Gasteiger partial charge in [0.2, 0.25) is 0 Å². The molecule has 18 heavy (non-hydrogen) atoms. The van der Waals surface area contributed by atoms with Gasteiger partial charge in [0.15, 0.2) is 5.15 Å². The predicted octanol–water partition coefficient (Wildman–Crippen LogP) is 5.07. The second-order valence-electron chi connectivity index (χ2n) is 3.94. The number of hydrogen-bond donors (Lipinski definition) is 1. The van der Waals surface area contributed by atoms with Gasteiger partial charge in [-0.25, -0.2) is 4.98 Å². The molecule has 0 saturated carbocycles. The van der Waals surface area contributed by atoms with Crippen molar-refractivity contribution in [3.8, 4) is 0 Å². The first-order chi connectivity index (χ1) is 8.56. The Labute approximate surface area is 124 Å². The number of nitrogens with zero attached hydrogens (tertiary/aromatic N) is 1. The van der Waals surface area contributed by atoms with E-state index in [2.05, 4.69) is 26.2 Å². The molecule has 2 rings (SSSR count). The molecule has 0 radical (unpaired) electrons. The number of pyridine rings is 1. The molecule has 0 spiro atoms. The summed E-state index contributed by atoms with van der Waals surface area (Å²) < 4.78 is 0.997. The fraction of sp³-hybridized carbons (Fsp3) is 0.154. The summed E-state index contributed by atoms with van der Waals surface area (Å²) in [5.74, 6) is 0. The van der Waals surface area contributed by atoms with E-state index in [0.717, 1.165) is 26.3 Å². The second kappa shape index (κ2) is 5.91. The van der Waals surface area contributed by atoms with Crippen LogP contribution in [0.15, 0.2) is 34.9 Å². The minimum atomic E-state index is 0.465. The average Bonchev–Trinajstić information content (AvgIpc) is 2.34. The van der Waals surface area contributed by atoms with Crippen LogP contribution in [0.2, 0.25) is 10.2 Å². The molecule has 1 aromatic heterocycles. The number of nitrogens with one attached hydrogen (secondary N) is 1. The Balaban J connectivity index is 2.16. The van der Waals surface area contributed by atoms with Crippen molar-refractivity contribution < 1.29 is 0 Å². The smallest absolute Gasteiger partial charge is 0.152 e. The van der Waals surface area contributed by atoms with Crippen LogP contribution >= 0.6 is 39.1 Å². The summed E-state index contributed by atoms with van der Waals surface area (Å²) in [6.45, 7) is 2.57. The lowest BCUT2D eigenvalue weighted by Gasteiger charge is -2.10. The Morgan fingerprint density at radius 3 is 2.83 bits per heavy atom. The highest BCUT2D eigenvalue weighted by Crippen LogP contribution is 2.24. The van der Waals surface area contributed by atoms with Crippen LogP contribution in [0.3, 0.4) is 0 Å². The molecular formula is C13H11BrCl2N2. The average molecular weight is 346 g/mol. The fourth-order valence-electron chi connectivity index (χ4n) is 1.55. The summed E-state index contributed by atoms with van der Waals surface area (Å²) in [5, 5.41) is 4.43. The van der Waals surface area contributed by atoms with Crippen molar-refractivity contribution in [2.24, 2.45) is 0 Å². The molecular weight excluding hydrogens is 335 g/mol. The predicted molar refractivity (Wildman–Crippen MR) is 80.5 cm³/mol. The van der Waals surface area contributed by atoms with E-state index < -0.39 is 0 Å². The standard InChI is InChI=1S/C13H11BrCl2N2/c1-8-4-12(13(16)18-6-8)17-7-9-5-10(14)2-3-11(9)15/h2-6,17H,7H2,1H3. The maximum atomic E-state index is 6.12. The molecule has 0 amide bonds. The van der Waals surface area contributed by atoms with Crippen LogP contribution in [-0.4, -0.2) is 4.98 Å². The molecule has 0 bridgehead atoms. The molecule has 0 unspecified atom stereocenters. The molecule has 94 valence electrons. The van der Waals surface area contributed by atoms with E-state index in [9.17, 15) is 0 Å². The lowest BCUT2D eigenvalue weighted by molar-refractivity contribution is 1.13. The molecule has 0 atom stereocenters. The third-order valence-corrected chi connectivity index (χ3v) is 3.62. The Bertz CT molecular complexity index is 521. The van der Waals surface area contributed by atoms with E-state index in [1.165, 1.54) is 0 Å². The van der Waals surface area contributed by atoms with E-state index in [4.69, 9.17) is 23.2 Å². The molecule has 2 nitrogen and oxygen atoms in total. The Morgan fingerprint density at radius 2 is 2.06 bits per heavy atom. The van der Waals surface area contributed by atoms with E-state index in [1.807, 2.05) is 31.2 Å². The van der Waals surface area contributed by atoms with E-state index in [0.29, 0.717) is 11.7 Å². The maximum Gasteiger partial charge on any atom is 0.152 e. The zero-order chi connectivity index (χ0) is 13.1. The lowest BCUT2D eigenvalue weighted by atomic mass is 10.2. The van der Waals surface area contributed by atoms with Gasteiger partial charge in [-0.05, 0) is 42.3 Å². The first-order valence-electron chi connectivity index (χ1n) is 5.36. The number of halogens is 3. The van der Waals surface area contributed by atoms with E-state index in [1.54, 1.807) is 6.20 Å². The van der Waals surface area contributed by atoms with Crippen LogP contribution in [0.5, 0.6) is 0 Å². The monoisotopic (exact) mass is 344 g/mol. The van der Waals surface area contributed by atoms with E-state index in [-0.39, 0.29) is 0 Å². The van der Waals surface area contributed by atoms with Crippen molar-refractivity contribution in [2.75, 3.05) is 5.32 Å². The molecule has 2 aromatic rings. The first-order valence-corrected chi connectivity index (χ1v) is 6.91. The summed E-state index contributed by atoms with van der Waals surface area (Å²) in [4.78, 5) is 4.09. The van der Waals surface area contributed by atoms with Crippen molar-refractivity contribution >= 4 is 44.8 Å². The number of hydrogen-bond acceptors (Lipinski definition) is 2. The largest absolute Gasteiger partial charge is 0.378 e. The summed E-state index contributed by atoms with van der Waals surface area (Å²) in [6.07, 6.45) is 1.74. The minimum Gasteiger partial charge on any atom is -0.378 e. The van der Waals surface area contributed by atoms with Crippen molar-refractivity contribution in [3.05, 3.63) is 56.2 Å². The summed E-state index contributed by atoms with van der Waals surface area (Å²) in [6, 6.07) is 7.71. The van der Waals surface area contributed by atoms with Crippen molar-refractivity contribution in [2.45, 2.75) is 13.5 Å². The molecule has 1 heterocycles. The minimum absolute atomic E-state index is 0.465. The number of aromatic nitrogens is 1. The van der Waals surface area contributed by atoms with Gasteiger partial charge in [0, 0.05) is 22.2 Å². The molecule has 0 aliphatic heterocycles. The molecule has 0 aliphatic rings.